The van der Waals surface area contributed by atoms with Gasteiger partial charge in [-0.2, -0.15) is 0 Å². The molecule has 0 bridgehead atoms. The van der Waals surface area contributed by atoms with Crippen LogP contribution in [0.15, 0.2) is 34.7 Å². The van der Waals surface area contributed by atoms with Gasteiger partial charge in [0.2, 0.25) is 0 Å². The predicted molar refractivity (Wildman–Crippen MR) is 112 cm³/mol. The number of nitrogens with one attached hydrogen (secondary N) is 2. The maximum Gasteiger partial charge on any atom is 0.256 e. The van der Waals surface area contributed by atoms with Crippen molar-refractivity contribution >= 4 is 33.8 Å². The molecular formula is C21H20ClN3O2S. The summed E-state index contributed by atoms with van der Waals surface area (Å²) in [5, 5.41) is 8.14. The number of furan rings is 1. The molecule has 28 heavy (non-hydrogen) atoms. The van der Waals surface area contributed by atoms with Crippen LogP contribution in [0.5, 0.6) is 0 Å². The number of amides is 1. The van der Waals surface area contributed by atoms with Crippen molar-refractivity contribution in [3.05, 3.63) is 62.7 Å². The summed E-state index contributed by atoms with van der Waals surface area (Å²) >= 11 is 7.92. The Kier molecular flexibility index (Phi) is 4.23. The molecule has 5 rings (SSSR count). The number of aryl methyl sites for hydroxylation is 1. The Morgan fingerprint density at radius 2 is 2.11 bits per heavy atom. The lowest BCUT2D eigenvalue weighted by Gasteiger charge is -2.26. The Morgan fingerprint density at radius 1 is 1.25 bits per heavy atom. The van der Waals surface area contributed by atoms with Gasteiger partial charge in [0.25, 0.3) is 5.91 Å². The Morgan fingerprint density at radius 3 is 2.93 bits per heavy atom. The molecule has 3 aromatic rings. The van der Waals surface area contributed by atoms with Gasteiger partial charge in [0, 0.05) is 28.6 Å². The highest BCUT2D eigenvalue weighted by Crippen LogP contribution is 2.41. The van der Waals surface area contributed by atoms with Crippen LogP contribution in [0.2, 0.25) is 5.02 Å². The summed E-state index contributed by atoms with van der Waals surface area (Å²) in [5.74, 6) is 1.37. The van der Waals surface area contributed by atoms with Crippen LogP contribution in [-0.4, -0.2) is 24.4 Å². The summed E-state index contributed by atoms with van der Waals surface area (Å²) < 4.78 is 6.05. The molecule has 0 aliphatic carbocycles. The van der Waals surface area contributed by atoms with Crippen molar-refractivity contribution in [2.24, 2.45) is 0 Å². The molecule has 2 N–H and O–H groups in total. The number of hydrogen-bond donors (Lipinski definition) is 2. The lowest BCUT2D eigenvalue weighted by Crippen LogP contribution is -2.38. The van der Waals surface area contributed by atoms with Crippen LogP contribution in [0.25, 0.3) is 11.3 Å². The van der Waals surface area contributed by atoms with Crippen LogP contribution in [-0.2, 0) is 13.0 Å². The highest BCUT2D eigenvalue weighted by molar-refractivity contribution is 7.16. The van der Waals surface area contributed by atoms with Gasteiger partial charge < -0.3 is 20.0 Å². The number of nitrogens with zero attached hydrogens (tertiary/aromatic N) is 1. The molecule has 0 radical (unpaired) electrons. The third kappa shape index (κ3) is 2.92. The van der Waals surface area contributed by atoms with Crippen molar-refractivity contribution in [3.63, 3.8) is 0 Å². The van der Waals surface area contributed by atoms with Crippen molar-refractivity contribution in [2.75, 3.05) is 18.9 Å². The third-order valence-corrected chi connectivity index (χ3v) is 6.95. The van der Waals surface area contributed by atoms with Crippen LogP contribution in [0.3, 0.4) is 0 Å². The first kappa shape index (κ1) is 17.8. The lowest BCUT2D eigenvalue weighted by atomic mass is 10.0. The normalized spacial score (nSPS) is 19.0. The molecule has 2 aliphatic rings. The van der Waals surface area contributed by atoms with Gasteiger partial charge in [-0.25, -0.2) is 0 Å². The van der Waals surface area contributed by atoms with Gasteiger partial charge in [-0.05, 0) is 49.7 Å². The number of carbonyl (C=O) groups excluding carboxylic acids is 1. The predicted octanol–water partition coefficient (Wildman–Crippen LogP) is 4.81. The SMILES string of the molecule is Cc1ccc(-c2ccc(C3NC(=O)c4c(sc5c4CCN(C)C5)N3)o2)cc1Cl. The minimum atomic E-state index is -0.382. The largest absolute Gasteiger partial charge is 0.457 e. The van der Waals surface area contributed by atoms with E-state index in [1.54, 1.807) is 11.3 Å². The molecule has 0 saturated heterocycles. The summed E-state index contributed by atoms with van der Waals surface area (Å²) in [4.78, 5) is 16.4. The van der Waals surface area contributed by atoms with Gasteiger partial charge in [-0.15, -0.1) is 11.3 Å². The summed E-state index contributed by atoms with van der Waals surface area (Å²) in [6.07, 6.45) is 0.531. The Balaban J connectivity index is 1.44. The number of halogens is 1. The van der Waals surface area contributed by atoms with Crippen molar-refractivity contribution in [3.8, 4) is 11.3 Å². The molecule has 2 aromatic heterocycles. The fourth-order valence-corrected chi connectivity index (χ4v) is 5.33. The number of carbonyl (C=O) groups is 1. The Labute approximate surface area is 172 Å². The van der Waals surface area contributed by atoms with Gasteiger partial charge in [0.15, 0.2) is 6.17 Å². The Bertz CT molecular complexity index is 1090. The van der Waals surface area contributed by atoms with Crippen LogP contribution < -0.4 is 10.6 Å². The maximum atomic E-state index is 12.8. The number of hydrogen-bond acceptors (Lipinski definition) is 5. The van der Waals surface area contributed by atoms with E-state index in [9.17, 15) is 4.79 Å². The van der Waals surface area contributed by atoms with E-state index in [0.29, 0.717) is 10.8 Å². The molecule has 2 aliphatic heterocycles. The van der Waals surface area contributed by atoms with Crippen LogP contribution >= 0.6 is 22.9 Å². The molecule has 0 spiro atoms. The number of anilines is 1. The lowest BCUT2D eigenvalue weighted by molar-refractivity contribution is 0.0930. The number of thiophene rings is 1. The number of rotatable bonds is 2. The quantitative estimate of drug-likeness (QED) is 0.632. The molecule has 0 saturated carbocycles. The van der Waals surface area contributed by atoms with E-state index in [1.165, 1.54) is 10.4 Å². The van der Waals surface area contributed by atoms with Crippen LogP contribution in [0, 0.1) is 6.92 Å². The first-order valence-corrected chi connectivity index (χ1v) is 10.5. The van der Waals surface area contributed by atoms with Crippen molar-refractivity contribution in [1.29, 1.82) is 0 Å². The van der Waals surface area contributed by atoms with Crippen LogP contribution in [0.4, 0.5) is 5.00 Å². The first-order chi connectivity index (χ1) is 13.5. The third-order valence-electron chi connectivity index (χ3n) is 5.39. The molecular weight excluding hydrogens is 394 g/mol. The highest BCUT2D eigenvalue weighted by Gasteiger charge is 2.33. The van der Waals surface area contributed by atoms with Gasteiger partial charge in [0.1, 0.15) is 16.5 Å². The smallest absolute Gasteiger partial charge is 0.256 e. The zero-order valence-corrected chi connectivity index (χ0v) is 17.2. The fraction of sp³-hybridized carbons (Fsp3) is 0.286. The molecule has 1 amide bonds. The van der Waals surface area contributed by atoms with Gasteiger partial charge in [-0.3, -0.25) is 4.79 Å². The van der Waals surface area contributed by atoms with Crippen molar-refractivity contribution in [1.82, 2.24) is 10.2 Å². The molecule has 1 unspecified atom stereocenters. The van der Waals surface area contributed by atoms with Crippen molar-refractivity contribution in [2.45, 2.75) is 26.1 Å². The number of fused-ring (bicyclic) bond motifs is 3. The van der Waals surface area contributed by atoms with E-state index >= 15 is 0 Å². The van der Waals surface area contributed by atoms with E-state index < -0.39 is 0 Å². The summed E-state index contributed by atoms with van der Waals surface area (Å²) in [5.41, 5.74) is 3.94. The second-order valence-corrected chi connectivity index (χ2v) is 8.92. The highest BCUT2D eigenvalue weighted by atomic mass is 35.5. The topological polar surface area (TPSA) is 57.5 Å². The van der Waals surface area contributed by atoms with E-state index in [2.05, 4.69) is 22.6 Å². The van der Waals surface area contributed by atoms with E-state index in [1.807, 2.05) is 37.3 Å². The monoisotopic (exact) mass is 413 g/mol. The maximum absolute atomic E-state index is 12.8. The zero-order valence-electron chi connectivity index (χ0n) is 15.6. The molecule has 1 aromatic carbocycles. The van der Waals surface area contributed by atoms with E-state index in [-0.39, 0.29) is 12.1 Å². The van der Waals surface area contributed by atoms with Gasteiger partial charge >= 0.3 is 0 Å². The van der Waals surface area contributed by atoms with Gasteiger partial charge in [0.05, 0.1) is 5.56 Å². The Hall–Kier alpha value is -2.28. The molecule has 5 nitrogen and oxygen atoms in total. The second kappa shape index (κ2) is 6.65. The molecule has 0 fully saturated rings. The standard InChI is InChI=1S/C21H20ClN3O2S/c1-11-3-4-12(9-14(11)22)15-5-6-16(27-15)19-23-20(26)18-13-7-8-25(2)10-17(13)28-21(18)24-19/h3-6,9,19,24H,7-8,10H2,1-2H3,(H,23,26). The zero-order chi connectivity index (χ0) is 19.4. The molecule has 7 heteroatoms. The second-order valence-electron chi connectivity index (χ2n) is 7.41. The summed E-state index contributed by atoms with van der Waals surface area (Å²) in [6.45, 7) is 3.84. The molecule has 144 valence electrons. The summed E-state index contributed by atoms with van der Waals surface area (Å²) in [7, 11) is 2.11. The minimum Gasteiger partial charge on any atom is -0.457 e. The van der Waals surface area contributed by atoms with Crippen molar-refractivity contribution < 1.29 is 9.21 Å². The number of benzene rings is 1. The summed E-state index contributed by atoms with van der Waals surface area (Å²) in [6, 6.07) is 9.66. The number of likely N-dealkylation sites (N-methyl/N-ethyl adjacent to an activating group) is 1. The minimum absolute atomic E-state index is 0.0304. The van der Waals surface area contributed by atoms with E-state index in [4.69, 9.17) is 16.0 Å². The van der Waals surface area contributed by atoms with E-state index in [0.717, 1.165) is 47.0 Å². The average Bonchev–Trinajstić information content (AvgIpc) is 3.28. The van der Waals surface area contributed by atoms with Crippen LogP contribution in [0.1, 0.15) is 38.3 Å². The average molecular weight is 414 g/mol. The first-order valence-electron chi connectivity index (χ1n) is 9.26. The molecule has 1 atom stereocenters. The fourth-order valence-electron chi connectivity index (χ4n) is 3.80. The van der Waals surface area contributed by atoms with Gasteiger partial charge in [-0.1, -0.05) is 23.7 Å². The molecule has 4 heterocycles.